The monoisotopic (exact) mass is 337 g/mol. The van der Waals surface area contributed by atoms with E-state index >= 15 is 0 Å². The summed E-state index contributed by atoms with van der Waals surface area (Å²) in [6, 6.07) is 0. The van der Waals surface area contributed by atoms with E-state index in [0.717, 1.165) is 18.3 Å². The first-order valence-electron chi connectivity index (χ1n) is 10.1. The molecule has 0 N–H and O–H groups in total. The van der Waals surface area contributed by atoms with E-state index in [1.807, 2.05) is 0 Å². The Bertz CT molecular complexity index is 268. The van der Waals surface area contributed by atoms with Crippen LogP contribution in [0.4, 0.5) is 0 Å². The van der Waals surface area contributed by atoms with Crippen LogP contribution in [0.25, 0.3) is 0 Å². The highest BCUT2D eigenvalue weighted by Gasteiger charge is 2.18. The van der Waals surface area contributed by atoms with Crippen LogP contribution in [0, 0.1) is 22.5 Å². The van der Waals surface area contributed by atoms with E-state index in [2.05, 4.69) is 71.0 Å². The average Bonchev–Trinajstić information content (AvgIpc) is 2.48. The maximum Gasteiger partial charge on any atom is 0.376 e. The van der Waals surface area contributed by atoms with Crippen molar-refractivity contribution in [1.82, 2.24) is 4.90 Å². The molecule has 0 unspecified atom stereocenters. The molecule has 0 radical (unpaired) electrons. The first-order chi connectivity index (χ1) is 10.9. The van der Waals surface area contributed by atoms with Crippen molar-refractivity contribution in [2.24, 2.45) is 11.8 Å². The van der Waals surface area contributed by atoms with E-state index < -0.39 is 14.1 Å². The third kappa shape index (κ3) is 20.0. The van der Waals surface area contributed by atoms with Crippen LogP contribution in [0.1, 0.15) is 81.1 Å². The first-order valence-corrected chi connectivity index (χ1v) is 12.3. The molecule has 1 nitrogen and oxygen atoms in total. The summed E-state index contributed by atoms with van der Waals surface area (Å²) in [5.41, 5.74) is 0. The van der Waals surface area contributed by atoms with Crippen LogP contribution in [-0.4, -0.2) is 38.7 Å². The number of hydrogen-bond donors (Lipinski definition) is 0. The zero-order chi connectivity index (χ0) is 18.1. The van der Waals surface area contributed by atoms with Gasteiger partial charge in [-0.1, -0.05) is 90.6 Å². The van der Waals surface area contributed by atoms with E-state index in [0.29, 0.717) is 0 Å². The van der Waals surface area contributed by atoms with Gasteiger partial charge in [-0.3, -0.25) is 0 Å². The van der Waals surface area contributed by atoms with Crippen molar-refractivity contribution in [3.8, 4) is 10.7 Å². The molecule has 0 bridgehead atoms. The summed E-state index contributed by atoms with van der Waals surface area (Å²) in [6.45, 7) is 21.7. The lowest BCUT2D eigenvalue weighted by Gasteiger charge is -2.13. The molecule has 0 saturated carbocycles. The number of hydrogen-bond acceptors (Lipinski definition) is 1. The van der Waals surface area contributed by atoms with Crippen LogP contribution in [-0.2, 0) is 0 Å². The van der Waals surface area contributed by atoms with E-state index in [4.69, 9.17) is 0 Å². The zero-order valence-corrected chi connectivity index (χ0v) is 18.7. The SMILES string of the molecule is CCCCCC#[C][Al]([CH2]C(C)C)[CH2]C(C)C.CCN(CC)CC. The molecule has 0 fully saturated rings. The van der Waals surface area contributed by atoms with Gasteiger partial charge in [-0.2, -0.15) is 0 Å². The van der Waals surface area contributed by atoms with Gasteiger partial charge in [0.25, 0.3) is 0 Å². The Morgan fingerprint density at radius 1 is 0.783 bits per heavy atom. The van der Waals surface area contributed by atoms with Crippen molar-refractivity contribution < 1.29 is 0 Å². The van der Waals surface area contributed by atoms with Gasteiger partial charge in [0, 0.05) is 6.42 Å². The largest absolute Gasteiger partial charge is 0.376 e. The summed E-state index contributed by atoms with van der Waals surface area (Å²) in [5, 5.41) is 2.80. The summed E-state index contributed by atoms with van der Waals surface area (Å²) in [7, 11) is 0. The van der Waals surface area contributed by atoms with Gasteiger partial charge in [0.15, 0.2) is 0 Å². The Morgan fingerprint density at radius 3 is 1.57 bits per heavy atom. The highest BCUT2D eigenvalue weighted by Crippen LogP contribution is 2.13. The second-order valence-corrected chi connectivity index (χ2v) is 9.98. The lowest BCUT2D eigenvalue weighted by atomic mass is 10.2. The number of rotatable bonds is 10. The molecule has 0 amide bonds. The third-order valence-corrected chi connectivity index (χ3v) is 7.70. The Balaban J connectivity index is 0. The Hall–Kier alpha value is 0.0525. The van der Waals surface area contributed by atoms with Gasteiger partial charge in [-0.15, -0.1) is 5.92 Å². The van der Waals surface area contributed by atoms with Crippen molar-refractivity contribution in [2.45, 2.75) is 91.6 Å². The fourth-order valence-electron chi connectivity index (χ4n) is 2.70. The van der Waals surface area contributed by atoms with Gasteiger partial charge in [0.2, 0.25) is 0 Å². The minimum atomic E-state index is -0.762. The van der Waals surface area contributed by atoms with E-state index in [-0.39, 0.29) is 0 Å². The molecule has 0 heterocycles. The summed E-state index contributed by atoms with van der Waals surface area (Å²) in [4.78, 5) is 6.01. The molecule has 0 rings (SSSR count). The molecule has 0 aliphatic rings. The normalized spacial score (nSPS) is 10.4. The molecule has 136 valence electrons. The standard InChI is InChI=1S/C7H11.C6H15N.2C4H9.Al/c1-3-5-7-6-4-2;1-4-7(5-2)6-3;2*1-4(2)3;/h3,5-7H2,1H3;4-6H2,1-3H3;2*4H,1H2,2-3H3;. The molecule has 0 aromatic carbocycles. The minimum Gasteiger partial charge on any atom is -0.304 e. The second-order valence-electron chi connectivity index (χ2n) is 7.35. The maximum atomic E-state index is 3.63. The Morgan fingerprint density at radius 2 is 1.26 bits per heavy atom. The van der Waals surface area contributed by atoms with Crippen LogP contribution in [0.3, 0.4) is 0 Å². The van der Waals surface area contributed by atoms with Crippen LogP contribution in [0.5, 0.6) is 0 Å². The Kier molecular flexibility index (Phi) is 20.2. The van der Waals surface area contributed by atoms with Crippen molar-refractivity contribution in [3.05, 3.63) is 0 Å². The summed E-state index contributed by atoms with van der Waals surface area (Å²) in [5.74, 6) is 5.11. The van der Waals surface area contributed by atoms with E-state index in [1.54, 1.807) is 0 Å². The molecule has 23 heavy (non-hydrogen) atoms. The summed E-state index contributed by atoms with van der Waals surface area (Å²) >= 11 is -0.762. The molecular formula is C21H44AlN. The smallest absolute Gasteiger partial charge is 0.304 e. The average molecular weight is 338 g/mol. The van der Waals surface area contributed by atoms with Crippen molar-refractivity contribution in [2.75, 3.05) is 19.6 Å². The van der Waals surface area contributed by atoms with Crippen molar-refractivity contribution in [1.29, 1.82) is 0 Å². The molecular weight excluding hydrogens is 293 g/mol. The molecule has 0 aromatic heterocycles. The third-order valence-electron chi connectivity index (χ3n) is 4.07. The van der Waals surface area contributed by atoms with Crippen LogP contribution >= 0.6 is 0 Å². The predicted molar refractivity (Wildman–Crippen MR) is 110 cm³/mol. The van der Waals surface area contributed by atoms with E-state index in [1.165, 1.54) is 49.5 Å². The molecule has 0 aliphatic heterocycles. The van der Waals surface area contributed by atoms with Gasteiger partial charge in [-0.25, -0.2) is 4.78 Å². The number of nitrogens with zero attached hydrogens (tertiary/aromatic N) is 1. The molecule has 0 spiro atoms. The lowest BCUT2D eigenvalue weighted by molar-refractivity contribution is 0.321. The van der Waals surface area contributed by atoms with Crippen LogP contribution in [0.2, 0.25) is 10.6 Å². The minimum absolute atomic E-state index is 0.762. The second kappa shape index (κ2) is 18.4. The zero-order valence-electron chi connectivity index (χ0n) is 17.5. The predicted octanol–water partition coefficient (Wildman–Crippen LogP) is 6.26. The first kappa shape index (κ1) is 25.3. The van der Waals surface area contributed by atoms with Crippen LogP contribution in [0.15, 0.2) is 0 Å². The topological polar surface area (TPSA) is 3.24 Å². The number of unbranched alkanes of at least 4 members (excludes halogenated alkanes) is 3. The highest BCUT2D eigenvalue weighted by molar-refractivity contribution is 6.67. The quantitative estimate of drug-likeness (QED) is 0.258. The van der Waals surface area contributed by atoms with Gasteiger partial charge in [0.05, 0.1) is 0 Å². The van der Waals surface area contributed by atoms with Crippen molar-refractivity contribution >= 4 is 14.1 Å². The lowest BCUT2D eigenvalue weighted by Crippen LogP contribution is -2.21. The fraction of sp³-hybridized carbons (Fsp3) is 0.905. The van der Waals surface area contributed by atoms with E-state index in [9.17, 15) is 0 Å². The molecule has 0 saturated heterocycles. The van der Waals surface area contributed by atoms with Gasteiger partial charge < -0.3 is 4.90 Å². The summed E-state index contributed by atoms with van der Waals surface area (Å²) in [6.07, 6.45) is 5.08. The maximum absolute atomic E-state index is 3.63. The molecule has 2 heteroatoms. The molecule has 0 atom stereocenters. The fourth-order valence-corrected chi connectivity index (χ4v) is 5.84. The molecule has 0 aliphatic carbocycles. The Labute approximate surface area is 153 Å². The summed E-state index contributed by atoms with van der Waals surface area (Å²) < 4.78 is 0. The van der Waals surface area contributed by atoms with Gasteiger partial charge in [0.1, 0.15) is 0 Å². The van der Waals surface area contributed by atoms with Crippen LogP contribution < -0.4 is 0 Å². The van der Waals surface area contributed by atoms with Crippen molar-refractivity contribution in [3.63, 3.8) is 0 Å². The highest BCUT2D eigenvalue weighted by atomic mass is 27.2. The van der Waals surface area contributed by atoms with Gasteiger partial charge in [-0.05, 0) is 26.1 Å². The van der Waals surface area contributed by atoms with Gasteiger partial charge >= 0.3 is 14.1 Å². The molecule has 0 aromatic rings.